The fourth-order valence-electron chi connectivity index (χ4n) is 3.61. The number of likely N-dealkylation sites (tertiary alicyclic amines) is 1. The van der Waals surface area contributed by atoms with E-state index in [2.05, 4.69) is 41.3 Å². The predicted molar refractivity (Wildman–Crippen MR) is 90.8 cm³/mol. The van der Waals surface area contributed by atoms with Crippen molar-refractivity contribution in [2.75, 3.05) is 26.7 Å². The van der Waals surface area contributed by atoms with E-state index in [0.29, 0.717) is 6.04 Å². The molecule has 1 saturated heterocycles. The third-order valence-corrected chi connectivity index (χ3v) is 5.12. The van der Waals surface area contributed by atoms with E-state index in [1.807, 2.05) is 7.05 Å². The topological polar surface area (TPSA) is 39.7 Å². The van der Waals surface area contributed by atoms with Crippen LogP contribution >= 0.6 is 0 Å². The Labute approximate surface area is 130 Å². The van der Waals surface area contributed by atoms with Gasteiger partial charge in [-0.05, 0) is 52.0 Å². The summed E-state index contributed by atoms with van der Waals surface area (Å²) in [6.07, 6.45) is 7.99. The standard InChI is InChI=1S/C17H34N4/c1-14-8-7-11-21(12-14)17(2,3)13-19-16(18-4)20-15-9-5-6-10-15/h14-15H,5-13H2,1-4H3,(H2,18,19,20). The molecule has 1 unspecified atom stereocenters. The van der Waals surface area contributed by atoms with Crippen LogP contribution in [-0.4, -0.2) is 49.1 Å². The molecule has 122 valence electrons. The molecule has 4 heteroatoms. The molecule has 0 amide bonds. The van der Waals surface area contributed by atoms with E-state index in [0.717, 1.165) is 18.4 Å². The molecule has 0 aromatic heterocycles. The Kier molecular flexibility index (Phi) is 5.91. The zero-order valence-electron chi connectivity index (χ0n) is 14.4. The monoisotopic (exact) mass is 294 g/mol. The zero-order valence-corrected chi connectivity index (χ0v) is 14.4. The van der Waals surface area contributed by atoms with Crippen molar-refractivity contribution in [3.63, 3.8) is 0 Å². The van der Waals surface area contributed by atoms with Gasteiger partial charge in [-0.25, -0.2) is 0 Å². The number of aliphatic imine (C=N–C) groups is 1. The molecule has 1 heterocycles. The van der Waals surface area contributed by atoms with Gasteiger partial charge in [0.1, 0.15) is 0 Å². The lowest BCUT2D eigenvalue weighted by Crippen LogP contribution is -2.56. The van der Waals surface area contributed by atoms with Crippen LogP contribution in [0.5, 0.6) is 0 Å². The molecule has 0 aromatic rings. The van der Waals surface area contributed by atoms with Gasteiger partial charge in [0.25, 0.3) is 0 Å². The maximum Gasteiger partial charge on any atom is 0.191 e. The molecule has 1 aliphatic heterocycles. The van der Waals surface area contributed by atoms with Gasteiger partial charge in [0.05, 0.1) is 0 Å². The Balaban J connectivity index is 1.81. The fraction of sp³-hybridized carbons (Fsp3) is 0.941. The average Bonchev–Trinajstić information content (AvgIpc) is 2.96. The first-order chi connectivity index (χ1) is 10.0. The summed E-state index contributed by atoms with van der Waals surface area (Å²) in [6, 6.07) is 0.620. The van der Waals surface area contributed by atoms with E-state index in [9.17, 15) is 0 Å². The maximum absolute atomic E-state index is 4.39. The second-order valence-corrected chi connectivity index (χ2v) is 7.56. The van der Waals surface area contributed by atoms with Gasteiger partial charge >= 0.3 is 0 Å². The van der Waals surface area contributed by atoms with Crippen molar-refractivity contribution in [3.8, 4) is 0 Å². The molecule has 1 saturated carbocycles. The van der Waals surface area contributed by atoms with Crippen molar-refractivity contribution in [3.05, 3.63) is 0 Å². The number of nitrogens with zero attached hydrogens (tertiary/aromatic N) is 2. The highest BCUT2D eigenvalue weighted by Crippen LogP contribution is 2.23. The van der Waals surface area contributed by atoms with E-state index >= 15 is 0 Å². The van der Waals surface area contributed by atoms with Crippen molar-refractivity contribution < 1.29 is 0 Å². The first kappa shape index (κ1) is 16.6. The maximum atomic E-state index is 4.39. The number of hydrogen-bond donors (Lipinski definition) is 2. The molecule has 2 fully saturated rings. The molecule has 0 radical (unpaired) electrons. The molecular weight excluding hydrogens is 260 g/mol. The number of guanidine groups is 1. The van der Waals surface area contributed by atoms with Gasteiger partial charge in [-0.15, -0.1) is 0 Å². The highest BCUT2D eigenvalue weighted by Gasteiger charge is 2.30. The van der Waals surface area contributed by atoms with E-state index < -0.39 is 0 Å². The number of piperidine rings is 1. The highest BCUT2D eigenvalue weighted by atomic mass is 15.2. The first-order valence-corrected chi connectivity index (χ1v) is 8.73. The summed E-state index contributed by atoms with van der Waals surface area (Å²) in [6.45, 7) is 10.5. The minimum Gasteiger partial charge on any atom is -0.355 e. The van der Waals surface area contributed by atoms with Gasteiger partial charge in [-0.1, -0.05) is 19.8 Å². The largest absolute Gasteiger partial charge is 0.355 e. The number of hydrogen-bond acceptors (Lipinski definition) is 2. The Morgan fingerprint density at radius 3 is 2.52 bits per heavy atom. The summed E-state index contributed by atoms with van der Waals surface area (Å²) in [5.74, 6) is 1.80. The lowest BCUT2D eigenvalue weighted by molar-refractivity contribution is 0.0739. The van der Waals surface area contributed by atoms with Crippen molar-refractivity contribution in [2.45, 2.75) is 70.9 Å². The SMILES string of the molecule is CN=C(NCC(C)(C)N1CCCC(C)C1)NC1CCCC1. The van der Waals surface area contributed by atoms with Gasteiger partial charge in [-0.2, -0.15) is 0 Å². The van der Waals surface area contributed by atoms with E-state index in [1.165, 1.54) is 51.6 Å². The third-order valence-electron chi connectivity index (χ3n) is 5.12. The van der Waals surface area contributed by atoms with Gasteiger partial charge in [-0.3, -0.25) is 9.89 Å². The first-order valence-electron chi connectivity index (χ1n) is 8.73. The van der Waals surface area contributed by atoms with Gasteiger partial charge in [0, 0.05) is 31.7 Å². The normalized spacial score (nSPS) is 26.1. The predicted octanol–water partition coefficient (Wildman–Crippen LogP) is 2.60. The van der Waals surface area contributed by atoms with Crippen molar-refractivity contribution in [1.82, 2.24) is 15.5 Å². The van der Waals surface area contributed by atoms with Crippen LogP contribution in [0.25, 0.3) is 0 Å². The minimum atomic E-state index is 0.183. The van der Waals surface area contributed by atoms with Crippen LogP contribution in [0.1, 0.15) is 59.3 Å². The number of rotatable bonds is 4. The quantitative estimate of drug-likeness (QED) is 0.618. The van der Waals surface area contributed by atoms with Crippen LogP contribution in [0.3, 0.4) is 0 Å². The van der Waals surface area contributed by atoms with Crippen LogP contribution in [0.4, 0.5) is 0 Å². The van der Waals surface area contributed by atoms with E-state index in [-0.39, 0.29) is 5.54 Å². The van der Waals surface area contributed by atoms with Crippen molar-refractivity contribution in [2.24, 2.45) is 10.9 Å². The number of nitrogens with one attached hydrogen (secondary N) is 2. The third kappa shape index (κ3) is 4.87. The summed E-state index contributed by atoms with van der Waals surface area (Å²) in [4.78, 5) is 7.03. The summed E-state index contributed by atoms with van der Waals surface area (Å²) in [5.41, 5.74) is 0.183. The Bertz CT molecular complexity index is 345. The molecule has 0 spiro atoms. The Morgan fingerprint density at radius 1 is 1.19 bits per heavy atom. The van der Waals surface area contributed by atoms with Crippen LogP contribution in [0.15, 0.2) is 4.99 Å². The molecule has 1 aliphatic carbocycles. The fourth-order valence-corrected chi connectivity index (χ4v) is 3.61. The lowest BCUT2D eigenvalue weighted by atomic mass is 9.93. The molecule has 2 N–H and O–H groups in total. The van der Waals surface area contributed by atoms with Crippen LogP contribution in [0.2, 0.25) is 0 Å². The second-order valence-electron chi connectivity index (χ2n) is 7.56. The highest BCUT2D eigenvalue weighted by molar-refractivity contribution is 5.80. The lowest BCUT2D eigenvalue weighted by Gasteiger charge is -2.43. The molecule has 4 nitrogen and oxygen atoms in total. The second kappa shape index (κ2) is 7.48. The molecule has 0 bridgehead atoms. The van der Waals surface area contributed by atoms with Crippen LogP contribution in [-0.2, 0) is 0 Å². The van der Waals surface area contributed by atoms with Gasteiger partial charge < -0.3 is 10.6 Å². The van der Waals surface area contributed by atoms with Crippen LogP contribution in [0, 0.1) is 5.92 Å². The van der Waals surface area contributed by atoms with E-state index in [4.69, 9.17) is 0 Å². The molecule has 0 aromatic carbocycles. The smallest absolute Gasteiger partial charge is 0.191 e. The minimum absolute atomic E-state index is 0.183. The molecular formula is C17H34N4. The molecule has 1 atom stereocenters. The summed E-state index contributed by atoms with van der Waals surface area (Å²) < 4.78 is 0. The van der Waals surface area contributed by atoms with E-state index in [1.54, 1.807) is 0 Å². The summed E-state index contributed by atoms with van der Waals surface area (Å²) in [5, 5.41) is 7.12. The summed E-state index contributed by atoms with van der Waals surface area (Å²) >= 11 is 0. The Hall–Kier alpha value is -0.770. The van der Waals surface area contributed by atoms with Crippen molar-refractivity contribution >= 4 is 5.96 Å². The molecule has 21 heavy (non-hydrogen) atoms. The average molecular weight is 294 g/mol. The summed E-state index contributed by atoms with van der Waals surface area (Å²) in [7, 11) is 1.88. The van der Waals surface area contributed by atoms with Gasteiger partial charge in [0.15, 0.2) is 5.96 Å². The zero-order chi connectivity index (χ0) is 15.3. The van der Waals surface area contributed by atoms with Crippen LogP contribution < -0.4 is 10.6 Å². The van der Waals surface area contributed by atoms with Gasteiger partial charge in [0.2, 0.25) is 0 Å². The molecule has 2 rings (SSSR count). The molecule has 2 aliphatic rings. The Morgan fingerprint density at radius 2 is 1.90 bits per heavy atom. The van der Waals surface area contributed by atoms with Crippen molar-refractivity contribution in [1.29, 1.82) is 0 Å².